The van der Waals surface area contributed by atoms with E-state index in [-0.39, 0.29) is 18.4 Å². The number of hydrogen-bond donors (Lipinski definition) is 2. The third kappa shape index (κ3) is 2.11. The van der Waals surface area contributed by atoms with E-state index in [1.54, 1.807) is 6.07 Å². The molecule has 0 saturated heterocycles. The maximum atomic E-state index is 11.6. The number of nitrogens with one attached hydrogen (secondary N) is 1. The number of para-hydroxylation sites is 1. The Balaban J connectivity index is 2.42. The predicted octanol–water partition coefficient (Wildman–Crippen LogP) is 1.55. The van der Waals surface area contributed by atoms with Crippen molar-refractivity contribution in [3.8, 4) is 0 Å². The molecule has 4 heteroatoms. The van der Waals surface area contributed by atoms with E-state index in [4.69, 9.17) is 5.11 Å². The van der Waals surface area contributed by atoms with Crippen LogP contribution in [0, 0.1) is 0 Å². The van der Waals surface area contributed by atoms with Gasteiger partial charge in [-0.05, 0) is 23.9 Å². The summed E-state index contributed by atoms with van der Waals surface area (Å²) in [6, 6.07) is 9.17. The van der Waals surface area contributed by atoms with Crippen LogP contribution in [-0.2, 0) is 11.2 Å². The Morgan fingerprint density at radius 2 is 2.06 bits per heavy atom. The average molecular weight is 217 g/mol. The van der Waals surface area contributed by atoms with E-state index >= 15 is 0 Å². The molecular weight excluding hydrogens is 206 g/mol. The molecule has 0 saturated carbocycles. The van der Waals surface area contributed by atoms with Gasteiger partial charge in [-0.3, -0.25) is 9.59 Å². The zero-order valence-electron chi connectivity index (χ0n) is 8.56. The van der Waals surface area contributed by atoms with E-state index < -0.39 is 5.97 Å². The minimum atomic E-state index is -0.896. The third-order valence-electron chi connectivity index (χ3n) is 2.44. The van der Waals surface area contributed by atoms with Crippen molar-refractivity contribution >= 4 is 16.9 Å². The molecule has 0 fully saturated rings. The number of hydrogen-bond acceptors (Lipinski definition) is 2. The number of carboxylic acids is 1. The van der Waals surface area contributed by atoms with Crippen LogP contribution in [0.2, 0.25) is 0 Å². The molecule has 0 radical (unpaired) electrons. The van der Waals surface area contributed by atoms with Crippen LogP contribution in [0.4, 0.5) is 0 Å². The second kappa shape index (κ2) is 4.18. The van der Waals surface area contributed by atoms with Gasteiger partial charge in [0.2, 0.25) is 0 Å². The Bertz CT molecular complexity index is 586. The van der Waals surface area contributed by atoms with Gasteiger partial charge in [0.25, 0.3) is 5.56 Å². The Kier molecular flexibility index (Phi) is 2.72. The quantitative estimate of drug-likeness (QED) is 0.819. The molecule has 0 aliphatic heterocycles. The Hall–Kier alpha value is -2.10. The van der Waals surface area contributed by atoms with Crippen LogP contribution in [0.5, 0.6) is 0 Å². The molecule has 0 aliphatic rings. The summed E-state index contributed by atoms with van der Waals surface area (Å²) in [4.78, 5) is 24.8. The van der Waals surface area contributed by atoms with E-state index in [9.17, 15) is 9.59 Å². The highest BCUT2D eigenvalue weighted by molar-refractivity contribution is 5.78. The molecule has 2 rings (SSSR count). The highest BCUT2D eigenvalue weighted by atomic mass is 16.4. The van der Waals surface area contributed by atoms with Gasteiger partial charge in [0, 0.05) is 17.5 Å². The zero-order valence-corrected chi connectivity index (χ0v) is 8.56. The average Bonchev–Trinajstić information content (AvgIpc) is 2.26. The monoisotopic (exact) mass is 217 g/mol. The van der Waals surface area contributed by atoms with Crippen molar-refractivity contribution in [2.24, 2.45) is 0 Å². The first-order chi connectivity index (χ1) is 7.66. The molecule has 2 N–H and O–H groups in total. The molecule has 0 bridgehead atoms. The fourth-order valence-electron chi connectivity index (χ4n) is 1.62. The largest absolute Gasteiger partial charge is 0.481 e. The molecule has 0 atom stereocenters. The molecule has 1 aromatic heterocycles. The van der Waals surface area contributed by atoms with Gasteiger partial charge in [0.15, 0.2) is 0 Å². The number of aromatic amines is 1. The number of fused-ring (bicyclic) bond motifs is 1. The van der Waals surface area contributed by atoms with Crippen LogP contribution in [0.15, 0.2) is 35.1 Å². The van der Waals surface area contributed by atoms with Crippen molar-refractivity contribution in [1.29, 1.82) is 0 Å². The van der Waals surface area contributed by atoms with Crippen molar-refractivity contribution in [2.45, 2.75) is 12.8 Å². The molecular formula is C12H11NO3. The molecule has 0 aliphatic carbocycles. The molecule has 1 heterocycles. The summed E-state index contributed by atoms with van der Waals surface area (Å²) >= 11 is 0. The molecule has 0 amide bonds. The standard InChI is InChI=1S/C12H11NO3/c14-11(15)6-5-9-7-8-3-1-2-4-10(8)13-12(9)16/h1-4,7H,5-6H2,(H,13,16)(H,14,15). The zero-order chi connectivity index (χ0) is 11.5. The minimum Gasteiger partial charge on any atom is -0.481 e. The van der Waals surface area contributed by atoms with Crippen LogP contribution >= 0.6 is 0 Å². The Labute approximate surface area is 91.5 Å². The summed E-state index contributed by atoms with van der Waals surface area (Å²) in [6.07, 6.45) is 0.233. The lowest BCUT2D eigenvalue weighted by atomic mass is 10.1. The number of benzene rings is 1. The SMILES string of the molecule is O=C(O)CCc1cc2ccccc2[nH]c1=O. The van der Waals surface area contributed by atoms with Crippen molar-refractivity contribution in [3.05, 3.63) is 46.2 Å². The van der Waals surface area contributed by atoms with E-state index in [1.807, 2.05) is 24.3 Å². The Morgan fingerprint density at radius 3 is 2.81 bits per heavy atom. The van der Waals surface area contributed by atoms with Crippen molar-refractivity contribution in [1.82, 2.24) is 4.98 Å². The van der Waals surface area contributed by atoms with Crippen LogP contribution in [0.3, 0.4) is 0 Å². The van der Waals surface area contributed by atoms with E-state index in [2.05, 4.69) is 4.98 Å². The lowest BCUT2D eigenvalue weighted by Gasteiger charge is -2.01. The number of H-pyrrole nitrogens is 1. The Morgan fingerprint density at radius 1 is 1.31 bits per heavy atom. The number of aliphatic carboxylic acids is 1. The van der Waals surface area contributed by atoms with Crippen molar-refractivity contribution in [2.75, 3.05) is 0 Å². The van der Waals surface area contributed by atoms with Gasteiger partial charge >= 0.3 is 5.97 Å². The molecule has 0 unspecified atom stereocenters. The van der Waals surface area contributed by atoms with Crippen molar-refractivity contribution in [3.63, 3.8) is 0 Å². The van der Waals surface area contributed by atoms with Gasteiger partial charge in [-0.1, -0.05) is 18.2 Å². The van der Waals surface area contributed by atoms with Crippen LogP contribution in [0.25, 0.3) is 10.9 Å². The lowest BCUT2D eigenvalue weighted by molar-refractivity contribution is -0.136. The number of aromatic nitrogens is 1. The number of aryl methyl sites for hydroxylation is 1. The summed E-state index contributed by atoms with van der Waals surface area (Å²) in [5.74, 6) is -0.896. The lowest BCUT2D eigenvalue weighted by Crippen LogP contribution is -2.13. The smallest absolute Gasteiger partial charge is 0.303 e. The first-order valence-electron chi connectivity index (χ1n) is 4.99. The minimum absolute atomic E-state index is 0.0264. The van der Waals surface area contributed by atoms with Crippen LogP contribution < -0.4 is 5.56 Å². The first-order valence-corrected chi connectivity index (χ1v) is 4.99. The highest BCUT2D eigenvalue weighted by Gasteiger charge is 2.04. The van der Waals surface area contributed by atoms with Gasteiger partial charge < -0.3 is 10.1 Å². The summed E-state index contributed by atoms with van der Waals surface area (Å²) in [6.45, 7) is 0. The topological polar surface area (TPSA) is 70.2 Å². The van der Waals surface area contributed by atoms with Gasteiger partial charge in [0.1, 0.15) is 0 Å². The normalized spacial score (nSPS) is 10.5. The second-order valence-electron chi connectivity index (χ2n) is 3.60. The number of rotatable bonds is 3. The summed E-state index contributed by atoms with van der Waals surface area (Å²) < 4.78 is 0. The molecule has 16 heavy (non-hydrogen) atoms. The molecule has 1 aromatic carbocycles. The van der Waals surface area contributed by atoms with Gasteiger partial charge in [0.05, 0.1) is 0 Å². The van der Waals surface area contributed by atoms with Gasteiger partial charge in [-0.2, -0.15) is 0 Å². The van der Waals surface area contributed by atoms with E-state index in [1.165, 1.54) is 0 Å². The summed E-state index contributed by atoms with van der Waals surface area (Å²) in [5, 5.41) is 9.49. The highest BCUT2D eigenvalue weighted by Crippen LogP contribution is 2.10. The fourth-order valence-corrected chi connectivity index (χ4v) is 1.62. The van der Waals surface area contributed by atoms with Crippen molar-refractivity contribution < 1.29 is 9.90 Å². The molecule has 4 nitrogen and oxygen atoms in total. The summed E-state index contributed by atoms with van der Waals surface area (Å²) in [7, 11) is 0. The predicted molar refractivity (Wildman–Crippen MR) is 60.5 cm³/mol. The number of pyridine rings is 1. The number of carbonyl (C=O) groups is 1. The van der Waals surface area contributed by atoms with E-state index in [0.29, 0.717) is 5.56 Å². The molecule has 82 valence electrons. The molecule has 2 aromatic rings. The summed E-state index contributed by atoms with van der Waals surface area (Å²) in [5.41, 5.74) is 1.08. The maximum absolute atomic E-state index is 11.6. The maximum Gasteiger partial charge on any atom is 0.303 e. The van der Waals surface area contributed by atoms with Crippen LogP contribution in [-0.4, -0.2) is 16.1 Å². The van der Waals surface area contributed by atoms with Gasteiger partial charge in [-0.15, -0.1) is 0 Å². The van der Waals surface area contributed by atoms with Crippen LogP contribution in [0.1, 0.15) is 12.0 Å². The third-order valence-corrected chi connectivity index (χ3v) is 2.44. The number of carboxylic acid groups (broad SMARTS) is 1. The van der Waals surface area contributed by atoms with E-state index in [0.717, 1.165) is 10.9 Å². The van der Waals surface area contributed by atoms with Gasteiger partial charge in [-0.25, -0.2) is 0 Å². The first kappa shape index (κ1) is 10.4. The second-order valence-corrected chi connectivity index (χ2v) is 3.60. The fraction of sp³-hybridized carbons (Fsp3) is 0.167. The molecule has 0 spiro atoms.